The number of rotatable bonds is 9. The van der Waals surface area contributed by atoms with E-state index in [-0.39, 0.29) is 0 Å². The molecule has 74 heavy (non-hydrogen) atoms. The maximum absolute atomic E-state index is 2.48. The minimum absolute atomic E-state index is 1.14. The van der Waals surface area contributed by atoms with E-state index in [4.69, 9.17) is 0 Å². The Bertz CT molecular complexity index is 4360. The smallest absolute Gasteiger partial charge is 0.0547 e. The van der Waals surface area contributed by atoms with Crippen molar-refractivity contribution in [2.24, 2.45) is 0 Å². The summed E-state index contributed by atoms with van der Waals surface area (Å²) in [4.78, 5) is 0. The lowest BCUT2D eigenvalue weighted by atomic mass is 9.96. The largest absolute Gasteiger partial charge is 0.309 e. The summed E-state index contributed by atoms with van der Waals surface area (Å²) in [5, 5.41) is 4.92. The second kappa shape index (κ2) is 18.1. The lowest BCUT2D eigenvalue weighted by molar-refractivity contribution is 1.18. The molecule has 12 aromatic carbocycles. The molecule has 0 unspecified atom stereocenters. The predicted octanol–water partition coefficient (Wildman–Crippen LogP) is 19.5. The van der Waals surface area contributed by atoms with E-state index in [1.54, 1.807) is 0 Å². The number of benzene rings is 12. The Morgan fingerprint density at radius 3 is 1.07 bits per heavy atom. The Hall–Kier alpha value is -9.76. The van der Waals surface area contributed by atoms with Crippen LogP contribution in [-0.2, 0) is 0 Å². The molecule has 0 amide bonds. The standard InChI is InChI=1S/C72H48N2/c1-6-18-49(19-7-1)56-28-16-29-61(44-56)73-69-43-39-59(47-66(69)72-63(30-17-31-70(72)73)55-26-14-5-15-27-55)53-34-32-52(33-35-53)58-38-42-68-65(46-58)64-45-57(50-20-8-2-9-21-50)37-41-67(64)74(68)71-48-60(51-22-10-3-11-23-51)36-40-62(71)54-24-12-4-13-25-54/h1-48H. The van der Waals surface area contributed by atoms with Crippen LogP contribution in [0, 0.1) is 0 Å². The minimum atomic E-state index is 1.14. The molecule has 0 saturated carbocycles. The van der Waals surface area contributed by atoms with Crippen molar-refractivity contribution >= 4 is 43.6 Å². The molecule has 0 fully saturated rings. The van der Waals surface area contributed by atoms with Gasteiger partial charge in [0.2, 0.25) is 0 Å². The highest BCUT2D eigenvalue weighted by molar-refractivity contribution is 6.17. The molecule has 0 atom stereocenters. The SMILES string of the molecule is c1ccc(-c2cccc(-n3c4ccc(-c5ccc(-c6ccc7c(c6)c6cc(-c8ccccc8)ccc6n7-c6cc(-c7ccccc7)ccc6-c6ccccc6)cc5)cc4c4c(-c5ccccc5)cccc43)c2)cc1. The zero-order chi connectivity index (χ0) is 49.0. The lowest BCUT2D eigenvalue weighted by Crippen LogP contribution is -1.98. The molecule has 0 radical (unpaired) electrons. The first-order valence-electron chi connectivity index (χ1n) is 25.5. The summed E-state index contributed by atoms with van der Waals surface area (Å²) in [6.07, 6.45) is 0. The van der Waals surface area contributed by atoms with Gasteiger partial charge < -0.3 is 9.13 Å². The van der Waals surface area contributed by atoms with E-state index in [1.807, 2.05) is 0 Å². The summed E-state index contributed by atoms with van der Waals surface area (Å²) in [5.41, 5.74) is 23.7. The Labute approximate surface area is 431 Å². The van der Waals surface area contributed by atoms with Crippen LogP contribution in [-0.4, -0.2) is 9.13 Å². The summed E-state index contributed by atoms with van der Waals surface area (Å²) < 4.78 is 4.92. The minimum Gasteiger partial charge on any atom is -0.309 e. The third-order valence-corrected chi connectivity index (χ3v) is 14.9. The summed E-state index contributed by atoms with van der Waals surface area (Å²) in [7, 11) is 0. The normalized spacial score (nSPS) is 11.5. The Balaban J connectivity index is 0.904. The van der Waals surface area contributed by atoms with Crippen LogP contribution in [0.1, 0.15) is 0 Å². The van der Waals surface area contributed by atoms with E-state index in [2.05, 4.69) is 300 Å². The first-order chi connectivity index (χ1) is 36.7. The highest BCUT2D eigenvalue weighted by Crippen LogP contribution is 2.43. The Morgan fingerprint density at radius 2 is 0.554 bits per heavy atom. The molecule has 2 aromatic heterocycles. The lowest BCUT2D eigenvalue weighted by Gasteiger charge is -2.16. The number of nitrogens with zero attached hydrogens (tertiary/aromatic N) is 2. The first kappa shape index (κ1) is 43.1. The van der Waals surface area contributed by atoms with Crippen LogP contribution in [0.2, 0.25) is 0 Å². The van der Waals surface area contributed by atoms with Gasteiger partial charge in [-0.3, -0.25) is 0 Å². The van der Waals surface area contributed by atoms with Crippen LogP contribution in [0.5, 0.6) is 0 Å². The van der Waals surface area contributed by atoms with Gasteiger partial charge in [0.15, 0.2) is 0 Å². The van der Waals surface area contributed by atoms with Crippen molar-refractivity contribution in [3.63, 3.8) is 0 Å². The van der Waals surface area contributed by atoms with Crippen LogP contribution < -0.4 is 0 Å². The van der Waals surface area contributed by atoms with Gasteiger partial charge in [0.05, 0.1) is 27.8 Å². The van der Waals surface area contributed by atoms with Crippen molar-refractivity contribution in [3.8, 4) is 89.3 Å². The molecule has 346 valence electrons. The molecule has 0 saturated heterocycles. The third-order valence-electron chi connectivity index (χ3n) is 14.9. The number of fused-ring (bicyclic) bond motifs is 6. The van der Waals surface area contributed by atoms with Gasteiger partial charge in [-0.15, -0.1) is 0 Å². The molecule has 0 bridgehead atoms. The molecule has 0 N–H and O–H groups in total. The van der Waals surface area contributed by atoms with Gasteiger partial charge in [-0.05, 0) is 133 Å². The quantitative estimate of drug-likeness (QED) is 0.136. The van der Waals surface area contributed by atoms with Crippen LogP contribution in [0.15, 0.2) is 291 Å². The fraction of sp³-hybridized carbons (Fsp3) is 0. The Kier molecular flexibility index (Phi) is 10.6. The van der Waals surface area contributed by atoms with Crippen molar-refractivity contribution in [2.75, 3.05) is 0 Å². The van der Waals surface area contributed by atoms with Crippen molar-refractivity contribution < 1.29 is 0 Å². The highest BCUT2D eigenvalue weighted by atomic mass is 15.0. The van der Waals surface area contributed by atoms with Gasteiger partial charge in [-0.2, -0.15) is 0 Å². The molecule has 2 heteroatoms. The average Bonchev–Trinajstić information content (AvgIpc) is 4.04. The molecule has 2 heterocycles. The van der Waals surface area contributed by atoms with E-state index in [0.717, 1.165) is 11.4 Å². The zero-order valence-electron chi connectivity index (χ0n) is 40.6. The van der Waals surface area contributed by atoms with Gasteiger partial charge in [-0.25, -0.2) is 0 Å². The Morgan fingerprint density at radius 1 is 0.189 bits per heavy atom. The van der Waals surface area contributed by atoms with Crippen LogP contribution in [0.4, 0.5) is 0 Å². The third kappa shape index (κ3) is 7.52. The summed E-state index contributed by atoms with van der Waals surface area (Å²) in [5.74, 6) is 0. The molecule has 0 aliphatic rings. The van der Waals surface area contributed by atoms with Crippen molar-refractivity contribution in [1.29, 1.82) is 0 Å². The molecule has 14 rings (SSSR count). The second-order valence-corrected chi connectivity index (χ2v) is 19.3. The average molecular weight is 941 g/mol. The van der Waals surface area contributed by atoms with Crippen LogP contribution in [0.3, 0.4) is 0 Å². The first-order valence-corrected chi connectivity index (χ1v) is 25.5. The van der Waals surface area contributed by atoms with Gasteiger partial charge in [-0.1, -0.05) is 231 Å². The topological polar surface area (TPSA) is 9.86 Å². The zero-order valence-corrected chi connectivity index (χ0v) is 40.6. The predicted molar refractivity (Wildman–Crippen MR) is 313 cm³/mol. The number of hydrogen-bond acceptors (Lipinski definition) is 0. The van der Waals surface area contributed by atoms with Crippen molar-refractivity contribution in [3.05, 3.63) is 291 Å². The van der Waals surface area contributed by atoms with Crippen molar-refractivity contribution in [1.82, 2.24) is 9.13 Å². The van der Waals surface area contributed by atoms with Crippen molar-refractivity contribution in [2.45, 2.75) is 0 Å². The van der Waals surface area contributed by atoms with E-state index in [0.29, 0.717) is 0 Å². The fourth-order valence-corrected chi connectivity index (χ4v) is 11.4. The monoisotopic (exact) mass is 940 g/mol. The van der Waals surface area contributed by atoms with E-state index < -0.39 is 0 Å². The molecule has 14 aromatic rings. The van der Waals surface area contributed by atoms with E-state index >= 15 is 0 Å². The fourth-order valence-electron chi connectivity index (χ4n) is 11.4. The molecule has 0 aliphatic heterocycles. The second-order valence-electron chi connectivity index (χ2n) is 19.3. The maximum Gasteiger partial charge on any atom is 0.0547 e. The molecule has 0 aliphatic carbocycles. The van der Waals surface area contributed by atoms with E-state index in [9.17, 15) is 0 Å². The van der Waals surface area contributed by atoms with E-state index in [1.165, 1.54) is 122 Å². The molecule has 0 spiro atoms. The van der Waals surface area contributed by atoms with Gasteiger partial charge in [0.25, 0.3) is 0 Å². The van der Waals surface area contributed by atoms with Crippen LogP contribution in [0.25, 0.3) is 133 Å². The highest BCUT2D eigenvalue weighted by Gasteiger charge is 2.21. The summed E-state index contributed by atoms with van der Waals surface area (Å²) in [6.45, 7) is 0. The number of hydrogen-bond donors (Lipinski definition) is 0. The van der Waals surface area contributed by atoms with Gasteiger partial charge >= 0.3 is 0 Å². The summed E-state index contributed by atoms with van der Waals surface area (Å²) >= 11 is 0. The van der Waals surface area contributed by atoms with Crippen LogP contribution >= 0.6 is 0 Å². The maximum atomic E-state index is 2.48. The molecule has 2 nitrogen and oxygen atoms in total. The van der Waals surface area contributed by atoms with Gasteiger partial charge in [0, 0.05) is 32.8 Å². The molecular weight excluding hydrogens is 893 g/mol. The molecular formula is C72H48N2. The van der Waals surface area contributed by atoms with Gasteiger partial charge in [0.1, 0.15) is 0 Å². The number of aromatic nitrogens is 2. The summed E-state index contributed by atoms with van der Waals surface area (Å²) in [6, 6.07) is 106.